The first-order valence-corrected chi connectivity index (χ1v) is 8.90. The van der Waals surface area contributed by atoms with Crippen molar-refractivity contribution in [3.05, 3.63) is 82.1 Å². The van der Waals surface area contributed by atoms with Gasteiger partial charge in [-0.25, -0.2) is 0 Å². The number of methoxy groups -OCH3 is 1. The Morgan fingerprint density at radius 3 is 2.57 bits per heavy atom. The van der Waals surface area contributed by atoms with Gasteiger partial charge in [-0.05, 0) is 40.4 Å². The SMILES string of the molecule is COC1=NC(c2ccc(C#N)cc2)=C(c2ccc(CO)c(Cl)c2)BN1/C=C\N. The molecule has 2 aromatic carbocycles. The fourth-order valence-electron chi connectivity index (χ4n) is 2.96. The average molecular weight is 393 g/mol. The molecule has 0 radical (unpaired) electrons. The number of ether oxygens (including phenoxy) is 1. The van der Waals surface area contributed by atoms with Gasteiger partial charge in [-0.15, -0.1) is 0 Å². The second kappa shape index (κ2) is 8.66. The van der Waals surface area contributed by atoms with Crippen molar-refractivity contribution in [3.63, 3.8) is 0 Å². The summed E-state index contributed by atoms with van der Waals surface area (Å²) >= 11 is 6.31. The van der Waals surface area contributed by atoms with Gasteiger partial charge in [-0.1, -0.05) is 35.9 Å². The highest BCUT2D eigenvalue weighted by atomic mass is 35.5. The molecule has 1 heterocycles. The number of amidine groups is 1. The maximum absolute atomic E-state index is 9.39. The maximum atomic E-state index is 9.39. The highest BCUT2D eigenvalue weighted by molar-refractivity contribution is 6.64. The number of benzene rings is 2. The van der Waals surface area contributed by atoms with Crippen LogP contribution in [0.25, 0.3) is 11.2 Å². The molecule has 6 nitrogen and oxygen atoms in total. The molecular weight excluding hydrogens is 375 g/mol. The summed E-state index contributed by atoms with van der Waals surface area (Å²) in [5.74, 6) is 0. The Morgan fingerprint density at radius 2 is 2.00 bits per heavy atom. The molecule has 0 amide bonds. The number of hydrogen-bond acceptors (Lipinski definition) is 6. The molecule has 8 heteroatoms. The lowest BCUT2D eigenvalue weighted by Gasteiger charge is -2.27. The fraction of sp³-hybridized carbons (Fsp3) is 0.100. The van der Waals surface area contributed by atoms with Crippen LogP contribution >= 0.6 is 11.6 Å². The standard InChI is InChI=1S/C20H18BClN4O2/c1-28-20-25-19(14-4-2-13(11-24)3-5-14)18(21-26(20)9-8-23)15-6-7-16(12-27)17(22)10-15/h2-10,21,27H,12,23H2,1H3/b9-8-. The predicted molar refractivity (Wildman–Crippen MR) is 112 cm³/mol. The van der Waals surface area contributed by atoms with Gasteiger partial charge in [0.1, 0.15) is 0 Å². The molecule has 140 valence electrons. The van der Waals surface area contributed by atoms with E-state index >= 15 is 0 Å². The minimum Gasteiger partial charge on any atom is -0.469 e. The van der Waals surface area contributed by atoms with Crippen LogP contribution < -0.4 is 5.73 Å². The molecule has 0 aromatic heterocycles. The topological polar surface area (TPSA) is 94.9 Å². The van der Waals surface area contributed by atoms with E-state index in [9.17, 15) is 5.11 Å². The van der Waals surface area contributed by atoms with Crippen LogP contribution in [0.15, 0.2) is 59.9 Å². The van der Waals surface area contributed by atoms with E-state index in [4.69, 9.17) is 27.3 Å². The summed E-state index contributed by atoms with van der Waals surface area (Å²) in [7, 11) is 2.01. The molecule has 0 fully saturated rings. The highest BCUT2D eigenvalue weighted by Crippen LogP contribution is 2.33. The molecule has 0 bridgehead atoms. The third kappa shape index (κ3) is 3.88. The number of nitrogens with zero attached hydrogens (tertiary/aromatic N) is 3. The lowest BCUT2D eigenvalue weighted by Crippen LogP contribution is -2.35. The molecule has 1 aliphatic rings. The Morgan fingerprint density at radius 1 is 1.29 bits per heavy atom. The Kier molecular flexibility index (Phi) is 6.04. The summed E-state index contributed by atoms with van der Waals surface area (Å²) in [6.07, 6.45) is 3.10. The quantitative estimate of drug-likeness (QED) is 0.780. The van der Waals surface area contributed by atoms with Crippen molar-refractivity contribution in [2.75, 3.05) is 7.11 Å². The number of hydrogen-bond donors (Lipinski definition) is 2. The van der Waals surface area contributed by atoms with Crippen molar-refractivity contribution in [3.8, 4) is 6.07 Å². The van der Waals surface area contributed by atoms with Crippen LogP contribution in [0.4, 0.5) is 0 Å². The van der Waals surface area contributed by atoms with Crippen LogP contribution in [0, 0.1) is 11.3 Å². The van der Waals surface area contributed by atoms with Gasteiger partial charge in [-0.2, -0.15) is 10.3 Å². The third-order valence-electron chi connectivity index (χ3n) is 4.38. The molecule has 0 unspecified atom stereocenters. The molecule has 0 saturated heterocycles. The van der Waals surface area contributed by atoms with E-state index in [1.807, 2.05) is 24.3 Å². The number of nitrogens with two attached hydrogens (primary N) is 1. The monoisotopic (exact) mass is 392 g/mol. The van der Waals surface area contributed by atoms with Gasteiger partial charge < -0.3 is 20.4 Å². The van der Waals surface area contributed by atoms with Crippen molar-refractivity contribution >= 4 is 36.2 Å². The molecule has 28 heavy (non-hydrogen) atoms. The number of rotatable bonds is 4. The van der Waals surface area contributed by atoms with E-state index in [0.717, 1.165) is 22.3 Å². The zero-order valence-electron chi connectivity index (χ0n) is 15.3. The Hall–Kier alpha value is -3.21. The van der Waals surface area contributed by atoms with E-state index in [-0.39, 0.29) is 6.61 Å². The summed E-state index contributed by atoms with van der Waals surface area (Å²) in [5.41, 5.74) is 10.1. The minimum atomic E-state index is -0.130. The first-order chi connectivity index (χ1) is 13.6. The molecule has 0 spiro atoms. The summed E-state index contributed by atoms with van der Waals surface area (Å²) < 4.78 is 5.42. The summed E-state index contributed by atoms with van der Waals surface area (Å²) in [5, 5.41) is 18.9. The summed E-state index contributed by atoms with van der Waals surface area (Å²) in [4.78, 5) is 6.46. The van der Waals surface area contributed by atoms with E-state index in [0.29, 0.717) is 29.6 Å². The molecular formula is C20H18BClN4O2. The van der Waals surface area contributed by atoms with Gasteiger partial charge in [0.15, 0.2) is 0 Å². The predicted octanol–water partition coefficient (Wildman–Crippen LogP) is 2.63. The Bertz CT molecular complexity index is 1010. The Balaban J connectivity index is 2.19. The number of aliphatic imine (C=N–C) groups is 1. The molecule has 3 rings (SSSR count). The number of halogens is 1. The average Bonchev–Trinajstić information content (AvgIpc) is 2.73. The van der Waals surface area contributed by atoms with Crippen LogP contribution in [0.1, 0.15) is 22.3 Å². The van der Waals surface area contributed by atoms with Gasteiger partial charge >= 0.3 is 0 Å². The van der Waals surface area contributed by atoms with Crippen LogP contribution in [0.3, 0.4) is 0 Å². The number of aliphatic hydroxyl groups is 1. The zero-order chi connectivity index (χ0) is 20.1. The molecule has 0 aliphatic carbocycles. The molecule has 0 atom stereocenters. The maximum Gasteiger partial charge on any atom is 0.283 e. The van der Waals surface area contributed by atoms with Crippen molar-refractivity contribution in [2.24, 2.45) is 10.7 Å². The fourth-order valence-corrected chi connectivity index (χ4v) is 3.20. The van der Waals surface area contributed by atoms with Crippen molar-refractivity contribution < 1.29 is 9.84 Å². The molecule has 2 aromatic rings. The highest BCUT2D eigenvalue weighted by Gasteiger charge is 2.25. The number of aliphatic hydroxyl groups excluding tert-OH is 1. The first-order valence-electron chi connectivity index (χ1n) is 8.52. The first kappa shape index (κ1) is 19.6. The second-order valence-corrected chi connectivity index (χ2v) is 6.46. The largest absolute Gasteiger partial charge is 0.469 e. The Labute approximate surface area is 169 Å². The van der Waals surface area contributed by atoms with Gasteiger partial charge in [0.05, 0.1) is 31.0 Å². The number of nitriles is 1. The second-order valence-electron chi connectivity index (χ2n) is 6.05. The smallest absolute Gasteiger partial charge is 0.283 e. The van der Waals surface area contributed by atoms with E-state index in [1.165, 1.54) is 6.20 Å². The van der Waals surface area contributed by atoms with E-state index in [1.54, 1.807) is 36.3 Å². The van der Waals surface area contributed by atoms with Crippen molar-refractivity contribution in [2.45, 2.75) is 6.61 Å². The summed E-state index contributed by atoms with van der Waals surface area (Å²) in [6, 6.07) is 15.2. The van der Waals surface area contributed by atoms with Crippen molar-refractivity contribution in [1.82, 2.24) is 4.81 Å². The van der Waals surface area contributed by atoms with Gasteiger partial charge in [0.2, 0.25) is 0 Å². The van der Waals surface area contributed by atoms with Crippen molar-refractivity contribution in [1.29, 1.82) is 5.26 Å². The van der Waals surface area contributed by atoms with Crippen LogP contribution in [-0.2, 0) is 11.3 Å². The molecule has 3 N–H and O–H groups in total. The normalized spacial score (nSPS) is 13.9. The van der Waals surface area contributed by atoms with Gasteiger partial charge in [0.25, 0.3) is 13.4 Å². The summed E-state index contributed by atoms with van der Waals surface area (Å²) in [6.45, 7) is -0.130. The van der Waals surface area contributed by atoms with E-state index in [2.05, 4.69) is 11.1 Å². The lowest BCUT2D eigenvalue weighted by molar-refractivity contribution is 0.282. The van der Waals surface area contributed by atoms with Gasteiger partial charge in [0, 0.05) is 17.4 Å². The van der Waals surface area contributed by atoms with E-state index < -0.39 is 0 Å². The van der Waals surface area contributed by atoms with Crippen LogP contribution in [-0.4, -0.2) is 30.5 Å². The van der Waals surface area contributed by atoms with Crippen LogP contribution in [0.2, 0.25) is 5.02 Å². The minimum absolute atomic E-state index is 0.130. The lowest BCUT2D eigenvalue weighted by atomic mass is 9.72. The molecule has 0 saturated carbocycles. The zero-order valence-corrected chi connectivity index (χ0v) is 16.0. The van der Waals surface area contributed by atoms with Crippen LogP contribution in [0.5, 0.6) is 0 Å². The van der Waals surface area contributed by atoms with Gasteiger partial charge in [-0.3, -0.25) is 0 Å². The molecule has 1 aliphatic heterocycles. The third-order valence-corrected chi connectivity index (χ3v) is 4.73.